The fourth-order valence-corrected chi connectivity index (χ4v) is 2.66. The van der Waals surface area contributed by atoms with Gasteiger partial charge in [0.1, 0.15) is 17.5 Å². The molecule has 1 aromatic carbocycles. The van der Waals surface area contributed by atoms with Gasteiger partial charge < -0.3 is 10.3 Å². The van der Waals surface area contributed by atoms with Crippen LogP contribution < -0.4 is 5.32 Å². The first-order chi connectivity index (χ1) is 9.72. The van der Waals surface area contributed by atoms with E-state index in [4.69, 9.17) is 0 Å². The van der Waals surface area contributed by atoms with Crippen molar-refractivity contribution < 1.29 is 8.78 Å². The van der Waals surface area contributed by atoms with Gasteiger partial charge in [0.2, 0.25) is 0 Å². The van der Waals surface area contributed by atoms with Crippen LogP contribution >= 0.6 is 0 Å². The Balaban J connectivity index is 1.71. The minimum absolute atomic E-state index is 0.213. The fourth-order valence-electron chi connectivity index (χ4n) is 2.66. The molecule has 0 amide bonds. The zero-order valence-electron chi connectivity index (χ0n) is 11.1. The van der Waals surface area contributed by atoms with Crippen LogP contribution in [0.2, 0.25) is 0 Å². The summed E-state index contributed by atoms with van der Waals surface area (Å²) in [5, 5.41) is 3.43. The number of nitrogens with zero attached hydrogens (tertiary/aromatic N) is 1. The molecule has 2 aromatic rings. The van der Waals surface area contributed by atoms with Crippen molar-refractivity contribution in [1.82, 2.24) is 15.3 Å². The highest BCUT2D eigenvalue weighted by atomic mass is 19.1. The summed E-state index contributed by atoms with van der Waals surface area (Å²) in [5.41, 5.74) is 0.717. The number of aromatic amines is 1. The normalized spacial score (nSPS) is 15.9. The molecule has 0 aliphatic heterocycles. The van der Waals surface area contributed by atoms with Crippen molar-refractivity contribution in [2.75, 3.05) is 0 Å². The second-order valence-corrected chi connectivity index (χ2v) is 5.23. The van der Waals surface area contributed by atoms with Gasteiger partial charge in [-0.3, -0.25) is 0 Å². The molecule has 3 rings (SSSR count). The number of H-pyrrole nitrogens is 1. The summed E-state index contributed by atoms with van der Waals surface area (Å²) in [5.74, 6) is -0.164. The molecule has 1 heterocycles. The standard InChI is InChI=1S/C15H17F2N3/c16-10-5-6-13(17)12(7-10)14-8-19-15(20-14)9-18-11-3-1-2-4-11/h5-8,11,18H,1-4,9H2,(H,19,20). The topological polar surface area (TPSA) is 40.7 Å². The first kappa shape index (κ1) is 13.2. The lowest BCUT2D eigenvalue weighted by atomic mass is 10.1. The molecule has 1 aliphatic rings. The van der Waals surface area contributed by atoms with Gasteiger partial charge in [0.25, 0.3) is 0 Å². The van der Waals surface area contributed by atoms with E-state index < -0.39 is 11.6 Å². The van der Waals surface area contributed by atoms with Crippen LogP contribution in [-0.2, 0) is 6.54 Å². The average Bonchev–Trinajstić information content (AvgIpc) is 3.10. The maximum Gasteiger partial charge on any atom is 0.132 e. The van der Waals surface area contributed by atoms with Crippen molar-refractivity contribution >= 4 is 0 Å². The minimum atomic E-state index is -0.457. The van der Waals surface area contributed by atoms with Crippen LogP contribution in [0.5, 0.6) is 0 Å². The second-order valence-electron chi connectivity index (χ2n) is 5.23. The van der Waals surface area contributed by atoms with E-state index >= 15 is 0 Å². The SMILES string of the molecule is Fc1ccc(F)c(-c2cnc(CNC3CCCC3)[nH]2)c1. The molecule has 5 heteroatoms. The molecular weight excluding hydrogens is 260 g/mol. The van der Waals surface area contributed by atoms with Gasteiger partial charge in [-0.25, -0.2) is 13.8 Å². The number of benzene rings is 1. The van der Waals surface area contributed by atoms with Crippen LogP contribution in [0.1, 0.15) is 31.5 Å². The van der Waals surface area contributed by atoms with Crippen LogP contribution in [0, 0.1) is 11.6 Å². The molecule has 2 N–H and O–H groups in total. The molecule has 0 unspecified atom stereocenters. The predicted octanol–water partition coefficient (Wildman–Crippen LogP) is 3.39. The second kappa shape index (κ2) is 5.71. The first-order valence-corrected chi connectivity index (χ1v) is 6.95. The first-order valence-electron chi connectivity index (χ1n) is 6.95. The molecular formula is C15H17F2N3. The van der Waals surface area contributed by atoms with Crippen molar-refractivity contribution in [3.63, 3.8) is 0 Å². The number of halogens is 2. The van der Waals surface area contributed by atoms with Crippen LogP contribution in [-0.4, -0.2) is 16.0 Å². The number of hydrogen-bond donors (Lipinski definition) is 2. The van der Waals surface area contributed by atoms with E-state index in [0.29, 0.717) is 18.3 Å². The Hall–Kier alpha value is -1.75. The van der Waals surface area contributed by atoms with Gasteiger partial charge in [-0.05, 0) is 31.0 Å². The third kappa shape index (κ3) is 2.88. The maximum atomic E-state index is 13.7. The predicted molar refractivity (Wildman–Crippen MR) is 73.0 cm³/mol. The van der Waals surface area contributed by atoms with Crippen LogP contribution in [0.15, 0.2) is 24.4 Å². The zero-order valence-corrected chi connectivity index (χ0v) is 11.1. The average molecular weight is 277 g/mol. The molecule has 0 bridgehead atoms. The molecule has 1 aromatic heterocycles. The van der Waals surface area contributed by atoms with Crippen molar-refractivity contribution in [3.8, 4) is 11.3 Å². The number of nitrogens with one attached hydrogen (secondary N) is 2. The van der Waals surface area contributed by atoms with Crippen molar-refractivity contribution in [3.05, 3.63) is 41.9 Å². The highest BCUT2D eigenvalue weighted by Crippen LogP contribution is 2.22. The Morgan fingerprint density at radius 2 is 2.05 bits per heavy atom. The van der Waals surface area contributed by atoms with Gasteiger partial charge in [-0.15, -0.1) is 0 Å². The van der Waals surface area contributed by atoms with E-state index in [0.717, 1.165) is 18.0 Å². The summed E-state index contributed by atoms with van der Waals surface area (Å²) in [7, 11) is 0. The largest absolute Gasteiger partial charge is 0.341 e. The lowest BCUT2D eigenvalue weighted by molar-refractivity contribution is 0.515. The molecule has 1 fully saturated rings. The van der Waals surface area contributed by atoms with Gasteiger partial charge in [-0.2, -0.15) is 0 Å². The third-order valence-electron chi connectivity index (χ3n) is 3.76. The molecule has 0 saturated heterocycles. The van der Waals surface area contributed by atoms with Gasteiger partial charge in [0.15, 0.2) is 0 Å². The maximum absolute atomic E-state index is 13.7. The highest BCUT2D eigenvalue weighted by Gasteiger charge is 2.15. The van der Waals surface area contributed by atoms with Gasteiger partial charge in [0.05, 0.1) is 18.4 Å². The summed E-state index contributed by atoms with van der Waals surface area (Å²) in [6.45, 7) is 0.627. The Bertz CT molecular complexity index is 589. The van der Waals surface area contributed by atoms with Gasteiger partial charge in [0, 0.05) is 11.6 Å². The van der Waals surface area contributed by atoms with Gasteiger partial charge in [-0.1, -0.05) is 12.8 Å². The molecule has 106 valence electrons. The van der Waals surface area contributed by atoms with Crippen LogP contribution in [0.25, 0.3) is 11.3 Å². The smallest absolute Gasteiger partial charge is 0.132 e. The van der Waals surface area contributed by atoms with E-state index in [9.17, 15) is 8.78 Å². The summed E-state index contributed by atoms with van der Waals surface area (Å²) in [6, 6.07) is 3.96. The summed E-state index contributed by atoms with van der Waals surface area (Å²) >= 11 is 0. The van der Waals surface area contributed by atoms with Crippen molar-refractivity contribution in [1.29, 1.82) is 0 Å². The van der Waals surface area contributed by atoms with Crippen molar-refractivity contribution in [2.24, 2.45) is 0 Å². The minimum Gasteiger partial charge on any atom is -0.341 e. The molecule has 0 spiro atoms. The number of rotatable bonds is 4. The Morgan fingerprint density at radius 3 is 2.85 bits per heavy atom. The van der Waals surface area contributed by atoms with Crippen LogP contribution in [0.4, 0.5) is 8.78 Å². The van der Waals surface area contributed by atoms with Crippen LogP contribution in [0.3, 0.4) is 0 Å². The van der Waals surface area contributed by atoms with E-state index in [-0.39, 0.29) is 5.56 Å². The summed E-state index contributed by atoms with van der Waals surface area (Å²) < 4.78 is 26.8. The molecule has 0 atom stereocenters. The number of hydrogen-bond acceptors (Lipinski definition) is 2. The lowest BCUT2D eigenvalue weighted by Crippen LogP contribution is -2.25. The molecule has 20 heavy (non-hydrogen) atoms. The van der Waals surface area contributed by atoms with Gasteiger partial charge >= 0.3 is 0 Å². The monoisotopic (exact) mass is 277 g/mol. The molecule has 3 nitrogen and oxygen atoms in total. The summed E-state index contributed by atoms with van der Waals surface area (Å²) in [4.78, 5) is 7.26. The van der Waals surface area contributed by atoms with E-state index in [1.165, 1.54) is 31.7 Å². The Kier molecular flexibility index (Phi) is 3.78. The van der Waals surface area contributed by atoms with Crippen molar-refractivity contribution in [2.45, 2.75) is 38.3 Å². The quantitative estimate of drug-likeness (QED) is 0.899. The Morgan fingerprint density at radius 1 is 1.25 bits per heavy atom. The van der Waals surface area contributed by atoms with E-state index in [2.05, 4.69) is 15.3 Å². The number of aromatic nitrogens is 2. The molecule has 1 aliphatic carbocycles. The fraction of sp³-hybridized carbons (Fsp3) is 0.400. The Labute approximate surface area is 116 Å². The zero-order chi connectivity index (χ0) is 13.9. The number of imidazole rings is 1. The molecule has 0 radical (unpaired) electrons. The van der Waals surface area contributed by atoms with E-state index in [1.807, 2.05) is 0 Å². The summed E-state index contributed by atoms with van der Waals surface area (Å²) in [6.07, 6.45) is 6.49. The highest BCUT2D eigenvalue weighted by molar-refractivity contribution is 5.59. The van der Waals surface area contributed by atoms with E-state index in [1.54, 1.807) is 6.20 Å². The lowest BCUT2D eigenvalue weighted by Gasteiger charge is -2.09. The molecule has 1 saturated carbocycles. The third-order valence-corrected chi connectivity index (χ3v) is 3.76.